The molecule has 0 aromatic carbocycles. The summed E-state index contributed by atoms with van der Waals surface area (Å²) in [6.07, 6.45) is 0.564. The SMILES string of the molecule is CC[C@@H](CO)C(=N)C(=O)OC(C)(C)C. The first-order valence-electron chi connectivity index (χ1n) is 4.74. The lowest BCUT2D eigenvalue weighted by molar-refractivity contribution is -0.146. The molecule has 0 aromatic heterocycles. The van der Waals surface area contributed by atoms with Gasteiger partial charge < -0.3 is 9.84 Å². The number of nitrogens with one attached hydrogen (secondary N) is 1. The van der Waals surface area contributed by atoms with Crippen molar-refractivity contribution in [3.05, 3.63) is 0 Å². The van der Waals surface area contributed by atoms with Crippen LogP contribution in [0.25, 0.3) is 0 Å². The second-order valence-electron chi connectivity index (χ2n) is 4.20. The highest BCUT2D eigenvalue weighted by Gasteiger charge is 2.24. The Balaban J connectivity index is 4.32. The second-order valence-corrected chi connectivity index (χ2v) is 4.20. The average Bonchev–Trinajstić information content (AvgIpc) is 2.03. The van der Waals surface area contributed by atoms with Crippen molar-refractivity contribution >= 4 is 11.7 Å². The van der Waals surface area contributed by atoms with Crippen LogP contribution < -0.4 is 0 Å². The van der Waals surface area contributed by atoms with E-state index < -0.39 is 17.5 Å². The van der Waals surface area contributed by atoms with Crippen LogP contribution in [0, 0.1) is 11.3 Å². The fourth-order valence-electron chi connectivity index (χ4n) is 0.924. The summed E-state index contributed by atoms with van der Waals surface area (Å²) in [7, 11) is 0. The smallest absolute Gasteiger partial charge is 0.352 e. The number of carbonyl (C=O) groups is 1. The summed E-state index contributed by atoms with van der Waals surface area (Å²) in [5.74, 6) is -1.05. The van der Waals surface area contributed by atoms with Crippen molar-refractivity contribution in [3.8, 4) is 0 Å². The van der Waals surface area contributed by atoms with Gasteiger partial charge in [-0.15, -0.1) is 0 Å². The van der Waals surface area contributed by atoms with Crippen molar-refractivity contribution in [2.75, 3.05) is 6.61 Å². The Bertz CT molecular complexity index is 214. The van der Waals surface area contributed by atoms with Gasteiger partial charge in [-0.3, -0.25) is 5.41 Å². The van der Waals surface area contributed by atoms with Crippen LogP contribution in [0.5, 0.6) is 0 Å². The van der Waals surface area contributed by atoms with Crippen LogP contribution in [0.3, 0.4) is 0 Å². The molecule has 0 bridgehead atoms. The van der Waals surface area contributed by atoms with Gasteiger partial charge in [-0.1, -0.05) is 6.92 Å². The van der Waals surface area contributed by atoms with Crippen LogP contribution in [0.1, 0.15) is 34.1 Å². The third-order valence-electron chi connectivity index (χ3n) is 1.74. The third kappa shape index (κ3) is 4.37. The summed E-state index contributed by atoms with van der Waals surface area (Å²) in [6, 6.07) is 0. The molecular weight excluding hydrogens is 182 g/mol. The zero-order valence-electron chi connectivity index (χ0n) is 9.26. The topological polar surface area (TPSA) is 70.4 Å². The molecule has 14 heavy (non-hydrogen) atoms. The predicted molar refractivity (Wildman–Crippen MR) is 54.4 cm³/mol. The first-order valence-corrected chi connectivity index (χ1v) is 4.74. The van der Waals surface area contributed by atoms with E-state index >= 15 is 0 Å². The molecule has 0 radical (unpaired) electrons. The van der Waals surface area contributed by atoms with E-state index in [1.165, 1.54) is 0 Å². The molecule has 0 aliphatic heterocycles. The van der Waals surface area contributed by atoms with E-state index in [-0.39, 0.29) is 12.3 Å². The zero-order chi connectivity index (χ0) is 11.4. The van der Waals surface area contributed by atoms with Crippen LogP contribution in [0.15, 0.2) is 0 Å². The number of aliphatic hydroxyl groups is 1. The molecule has 0 saturated carbocycles. The Morgan fingerprint density at radius 1 is 1.50 bits per heavy atom. The molecule has 0 heterocycles. The van der Waals surface area contributed by atoms with Crippen molar-refractivity contribution in [3.63, 3.8) is 0 Å². The van der Waals surface area contributed by atoms with Crippen LogP contribution in [-0.4, -0.2) is 29.0 Å². The van der Waals surface area contributed by atoms with Crippen molar-refractivity contribution in [1.82, 2.24) is 0 Å². The lowest BCUT2D eigenvalue weighted by Crippen LogP contribution is -2.33. The van der Waals surface area contributed by atoms with Crippen LogP contribution in [0.4, 0.5) is 0 Å². The standard InChI is InChI=1S/C10H19NO3/c1-5-7(6-12)8(11)9(13)14-10(2,3)4/h7,11-12H,5-6H2,1-4H3/t7-/m0/s1. The zero-order valence-corrected chi connectivity index (χ0v) is 9.26. The average molecular weight is 201 g/mol. The Morgan fingerprint density at radius 2 is 2.00 bits per heavy atom. The number of ether oxygens (including phenoxy) is 1. The van der Waals surface area contributed by atoms with Crippen molar-refractivity contribution in [1.29, 1.82) is 5.41 Å². The molecule has 0 aliphatic carbocycles. The fourth-order valence-corrected chi connectivity index (χ4v) is 0.924. The summed E-state index contributed by atoms with van der Waals surface area (Å²) in [5, 5.41) is 16.4. The van der Waals surface area contributed by atoms with Gasteiger partial charge in [-0.2, -0.15) is 0 Å². The Kier molecular flexibility index (Phi) is 4.77. The normalized spacial score (nSPS) is 13.5. The first kappa shape index (κ1) is 13.1. The van der Waals surface area contributed by atoms with Gasteiger partial charge in [0, 0.05) is 5.92 Å². The first-order chi connectivity index (χ1) is 6.31. The van der Waals surface area contributed by atoms with Gasteiger partial charge in [0.15, 0.2) is 0 Å². The predicted octanol–water partition coefficient (Wildman–Crippen LogP) is 1.37. The molecule has 0 amide bonds. The van der Waals surface area contributed by atoms with Gasteiger partial charge in [-0.25, -0.2) is 4.79 Å². The van der Waals surface area contributed by atoms with E-state index in [2.05, 4.69) is 0 Å². The summed E-state index contributed by atoms with van der Waals surface area (Å²) in [5.41, 5.74) is -0.734. The number of hydrogen-bond donors (Lipinski definition) is 2. The molecule has 4 nitrogen and oxygen atoms in total. The molecule has 0 aromatic rings. The number of carbonyl (C=O) groups excluding carboxylic acids is 1. The van der Waals surface area contributed by atoms with Crippen LogP contribution >= 0.6 is 0 Å². The minimum Gasteiger partial charge on any atom is -0.455 e. The van der Waals surface area contributed by atoms with Gasteiger partial charge in [0.25, 0.3) is 0 Å². The van der Waals surface area contributed by atoms with Crippen LogP contribution in [-0.2, 0) is 9.53 Å². The summed E-state index contributed by atoms with van der Waals surface area (Å²) < 4.78 is 5.01. The van der Waals surface area contributed by atoms with Crippen molar-refractivity contribution in [2.45, 2.75) is 39.7 Å². The van der Waals surface area contributed by atoms with E-state index in [0.29, 0.717) is 6.42 Å². The molecule has 0 unspecified atom stereocenters. The lowest BCUT2D eigenvalue weighted by Gasteiger charge is -2.21. The van der Waals surface area contributed by atoms with Gasteiger partial charge >= 0.3 is 5.97 Å². The van der Waals surface area contributed by atoms with E-state index in [1.807, 2.05) is 6.92 Å². The van der Waals surface area contributed by atoms with Gasteiger partial charge in [-0.05, 0) is 27.2 Å². The largest absolute Gasteiger partial charge is 0.455 e. The van der Waals surface area contributed by atoms with Crippen LogP contribution in [0.2, 0.25) is 0 Å². The highest BCUT2D eigenvalue weighted by atomic mass is 16.6. The summed E-state index contributed by atoms with van der Waals surface area (Å²) in [4.78, 5) is 11.4. The summed E-state index contributed by atoms with van der Waals surface area (Å²) >= 11 is 0. The molecule has 82 valence electrons. The highest BCUT2D eigenvalue weighted by Crippen LogP contribution is 2.11. The Labute approximate surface area is 84.8 Å². The van der Waals surface area contributed by atoms with E-state index in [9.17, 15) is 4.79 Å². The lowest BCUT2D eigenvalue weighted by atomic mass is 10.0. The van der Waals surface area contributed by atoms with Gasteiger partial charge in [0.2, 0.25) is 0 Å². The third-order valence-corrected chi connectivity index (χ3v) is 1.74. The van der Waals surface area contributed by atoms with E-state index in [1.54, 1.807) is 20.8 Å². The minimum atomic E-state index is -0.640. The van der Waals surface area contributed by atoms with Crippen molar-refractivity contribution < 1.29 is 14.6 Å². The maximum Gasteiger partial charge on any atom is 0.352 e. The summed E-state index contributed by atoms with van der Waals surface area (Å²) in [6.45, 7) is 6.88. The highest BCUT2D eigenvalue weighted by molar-refractivity contribution is 6.36. The fraction of sp³-hybridized carbons (Fsp3) is 0.800. The molecule has 0 fully saturated rings. The molecule has 1 atom stereocenters. The molecule has 0 rings (SSSR count). The quantitative estimate of drug-likeness (QED) is 0.533. The molecular formula is C10H19NO3. The Hall–Kier alpha value is -0.900. The molecule has 4 heteroatoms. The van der Waals surface area contributed by atoms with E-state index in [0.717, 1.165) is 0 Å². The Morgan fingerprint density at radius 3 is 2.29 bits per heavy atom. The maximum atomic E-state index is 11.4. The monoisotopic (exact) mass is 201 g/mol. The second kappa shape index (κ2) is 5.10. The number of aliphatic hydroxyl groups excluding tert-OH is 1. The number of esters is 1. The van der Waals surface area contributed by atoms with Crippen molar-refractivity contribution in [2.24, 2.45) is 5.92 Å². The molecule has 2 N–H and O–H groups in total. The van der Waals surface area contributed by atoms with Gasteiger partial charge in [0.05, 0.1) is 6.61 Å². The molecule has 0 aliphatic rings. The molecule has 0 saturated heterocycles. The number of rotatable bonds is 4. The molecule has 0 spiro atoms. The number of hydrogen-bond acceptors (Lipinski definition) is 4. The maximum absolute atomic E-state index is 11.4. The van der Waals surface area contributed by atoms with E-state index in [4.69, 9.17) is 15.3 Å². The van der Waals surface area contributed by atoms with Gasteiger partial charge in [0.1, 0.15) is 11.3 Å². The minimum absolute atomic E-state index is 0.148.